The van der Waals surface area contributed by atoms with E-state index in [9.17, 15) is 23.2 Å². The van der Waals surface area contributed by atoms with Gasteiger partial charge in [-0.3, -0.25) is 9.59 Å². The highest BCUT2D eigenvalue weighted by atomic mass is 32.1. The Morgan fingerprint density at radius 1 is 1.09 bits per heavy atom. The number of ether oxygens (including phenoxy) is 1. The van der Waals surface area contributed by atoms with Gasteiger partial charge in [-0.05, 0) is 98.5 Å². The molecule has 0 spiro atoms. The van der Waals surface area contributed by atoms with Gasteiger partial charge in [0.25, 0.3) is 5.91 Å². The lowest BCUT2D eigenvalue weighted by atomic mass is 9.98. The third-order valence-corrected chi connectivity index (χ3v) is 8.48. The SMILES string of the molecule is CC(=O)c1cc(C(=O)NCc2ccc(F)c(F)c2)n2nc(-c3cccs3)cc2n1.Cc1c(C(=O)OC(C)(C)C)ccc2c1CC[C@@H]2N. The number of aromatic nitrogens is 3. The summed E-state index contributed by atoms with van der Waals surface area (Å²) in [7, 11) is 0. The van der Waals surface area contributed by atoms with E-state index in [1.54, 1.807) is 6.07 Å². The number of nitrogens with two attached hydrogens (primary N) is 1. The number of esters is 1. The first kappa shape index (κ1) is 33.6. The Balaban J connectivity index is 0.000000207. The number of hydrogen-bond donors (Lipinski definition) is 2. The topological polar surface area (TPSA) is 129 Å². The van der Waals surface area contributed by atoms with E-state index in [0.717, 1.165) is 35.4 Å². The van der Waals surface area contributed by atoms with Crippen molar-refractivity contribution in [2.24, 2.45) is 5.73 Å². The molecular weight excluding hydrogens is 624 g/mol. The number of Topliss-reactive ketones (excluding diaryl/α,β-unsaturated/α-hetero) is 1. The van der Waals surface area contributed by atoms with Gasteiger partial charge in [-0.25, -0.2) is 23.1 Å². The van der Waals surface area contributed by atoms with E-state index in [-0.39, 0.29) is 35.7 Å². The first-order valence-electron chi connectivity index (χ1n) is 15.0. The monoisotopic (exact) mass is 659 g/mol. The number of fused-ring (bicyclic) bond motifs is 2. The van der Waals surface area contributed by atoms with Crippen LogP contribution in [0.5, 0.6) is 0 Å². The van der Waals surface area contributed by atoms with Crippen molar-refractivity contribution in [3.63, 3.8) is 0 Å². The fraction of sp³-hybridized carbons (Fsp3) is 0.286. The quantitative estimate of drug-likeness (QED) is 0.152. The maximum Gasteiger partial charge on any atom is 0.338 e. The fourth-order valence-corrected chi connectivity index (χ4v) is 5.93. The summed E-state index contributed by atoms with van der Waals surface area (Å²) in [6, 6.07) is 14.2. The highest BCUT2D eigenvalue weighted by Gasteiger charge is 2.26. The molecule has 0 radical (unpaired) electrons. The molecule has 0 fully saturated rings. The highest BCUT2D eigenvalue weighted by Crippen LogP contribution is 2.33. The predicted octanol–water partition coefficient (Wildman–Crippen LogP) is 6.76. The van der Waals surface area contributed by atoms with E-state index in [0.29, 0.717) is 22.5 Å². The van der Waals surface area contributed by atoms with Gasteiger partial charge in [0, 0.05) is 25.6 Å². The van der Waals surface area contributed by atoms with Gasteiger partial charge in [0.1, 0.15) is 22.7 Å². The van der Waals surface area contributed by atoms with E-state index in [1.807, 2.05) is 57.3 Å². The summed E-state index contributed by atoms with van der Waals surface area (Å²) in [5.41, 5.74) is 11.3. The number of ketones is 1. The molecule has 0 saturated heterocycles. The summed E-state index contributed by atoms with van der Waals surface area (Å²) in [6.07, 6.45) is 1.92. The van der Waals surface area contributed by atoms with Gasteiger partial charge >= 0.3 is 5.97 Å². The molecule has 0 saturated carbocycles. The molecule has 0 aliphatic heterocycles. The number of nitrogens with zero attached hydrogens (tertiary/aromatic N) is 3. The second-order valence-electron chi connectivity index (χ2n) is 12.2. The van der Waals surface area contributed by atoms with E-state index in [1.165, 1.54) is 46.0 Å². The molecule has 2 aromatic carbocycles. The number of nitrogens with one attached hydrogen (secondary N) is 1. The van der Waals surface area contributed by atoms with E-state index in [4.69, 9.17) is 10.5 Å². The van der Waals surface area contributed by atoms with Gasteiger partial charge in [-0.1, -0.05) is 18.2 Å². The Hall–Kier alpha value is -4.81. The lowest BCUT2D eigenvalue weighted by Gasteiger charge is -2.21. The molecule has 1 atom stereocenters. The molecule has 9 nitrogen and oxygen atoms in total. The van der Waals surface area contributed by atoms with Crippen molar-refractivity contribution >= 4 is 34.6 Å². The average Bonchev–Trinajstić information content (AvgIpc) is 3.77. The molecular formula is C35H35F2N5O4S. The Morgan fingerprint density at radius 2 is 1.85 bits per heavy atom. The van der Waals surface area contributed by atoms with Gasteiger partial charge in [0.2, 0.25) is 0 Å². The summed E-state index contributed by atoms with van der Waals surface area (Å²) in [5, 5.41) is 8.99. The molecule has 1 aliphatic rings. The van der Waals surface area contributed by atoms with Crippen molar-refractivity contribution in [2.45, 2.75) is 65.6 Å². The largest absolute Gasteiger partial charge is 0.456 e. The number of benzene rings is 2. The lowest BCUT2D eigenvalue weighted by Crippen LogP contribution is -2.26. The molecule has 1 aliphatic carbocycles. The number of carbonyl (C=O) groups excluding carboxylic acids is 3. The van der Waals surface area contributed by atoms with Crippen LogP contribution in [0.4, 0.5) is 8.78 Å². The van der Waals surface area contributed by atoms with Crippen molar-refractivity contribution in [1.82, 2.24) is 19.9 Å². The zero-order valence-corrected chi connectivity index (χ0v) is 27.5. The van der Waals surface area contributed by atoms with Crippen LogP contribution in [0.25, 0.3) is 16.2 Å². The van der Waals surface area contributed by atoms with Crippen LogP contribution >= 0.6 is 11.3 Å². The van der Waals surface area contributed by atoms with Crippen molar-refractivity contribution in [2.75, 3.05) is 0 Å². The summed E-state index contributed by atoms with van der Waals surface area (Å²) in [6.45, 7) is 8.96. The Labute approximate surface area is 274 Å². The fourth-order valence-electron chi connectivity index (χ4n) is 5.25. The van der Waals surface area contributed by atoms with Crippen LogP contribution in [0.15, 0.2) is 60.0 Å². The molecule has 6 rings (SSSR count). The first-order valence-corrected chi connectivity index (χ1v) is 15.9. The van der Waals surface area contributed by atoms with Crippen molar-refractivity contribution in [3.05, 3.63) is 111 Å². The Kier molecular flexibility index (Phi) is 9.64. The molecule has 244 valence electrons. The normalized spacial score (nSPS) is 13.9. The zero-order valence-electron chi connectivity index (χ0n) is 26.7. The zero-order chi connectivity index (χ0) is 34.0. The van der Waals surface area contributed by atoms with Gasteiger partial charge in [0.15, 0.2) is 23.1 Å². The van der Waals surface area contributed by atoms with Gasteiger partial charge in [-0.2, -0.15) is 5.10 Å². The van der Waals surface area contributed by atoms with Crippen LogP contribution in [0.1, 0.15) is 93.7 Å². The number of amides is 1. The number of rotatable bonds is 6. The van der Waals surface area contributed by atoms with Gasteiger partial charge in [-0.15, -0.1) is 11.3 Å². The van der Waals surface area contributed by atoms with E-state index < -0.39 is 23.1 Å². The first-order chi connectivity index (χ1) is 22.2. The van der Waals surface area contributed by atoms with Gasteiger partial charge < -0.3 is 15.8 Å². The standard InChI is InChI=1S/C20H14F2N4O2S.C15H21NO2/c1-11(27)15-8-17(20(28)23-10-12-4-5-13(21)14(22)7-12)26-19(24-15)9-16(25-26)18-3-2-6-29-18;1-9-10-7-8-13(16)12(10)6-5-11(9)14(17)18-15(2,3)4/h2-9H,10H2,1H3,(H,23,28);5-6,13H,7-8,16H2,1-4H3/t;13-/m.0/s1. The molecule has 12 heteroatoms. The summed E-state index contributed by atoms with van der Waals surface area (Å²) in [4.78, 5) is 41.9. The summed E-state index contributed by atoms with van der Waals surface area (Å²) < 4.78 is 33.2. The molecule has 3 N–H and O–H groups in total. The molecule has 47 heavy (non-hydrogen) atoms. The molecule has 1 amide bonds. The molecule has 5 aromatic rings. The lowest BCUT2D eigenvalue weighted by molar-refractivity contribution is 0.00683. The third-order valence-electron chi connectivity index (χ3n) is 7.59. The van der Waals surface area contributed by atoms with Crippen LogP contribution in [-0.4, -0.2) is 37.9 Å². The van der Waals surface area contributed by atoms with Crippen molar-refractivity contribution in [3.8, 4) is 10.6 Å². The minimum atomic E-state index is -0.991. The van der Waals surface area contributed by atoms with E-state index >= 15 is 0 Å². The average molecular weight is 660 g/mol. The minimum Gasteiger partial charge on any atom is -0.456 e. The number of thiophene rings is 1. The Bertz CT molecular complexity index is 1980. The molecule has 3 aromatic heterocycles. The van der Waals surface area contributed by atoms with Crippen molar-refractivity contribution in [1.29, 1.82) is 0 Å². The van der Waals surface area contributed by atoms with Crippen LogP contribution in [0.2, 0.25) is 0 Å². The van der Waals surface area contributed by atoms with Crippen LogP contribution in [0.3, 0.4) is 0 Å². The molecule has 0 bridgehead atoms. The minimum absolute atomic E-state index is 0.0195. The summed E-state index contributed by atoms with van der Waals surface area (Å²) in [5.74, 6) is -3.01. The maximum absolute atomic E-state index is 13.4. The van der Waals surface area contributed by atoms with E-state index in [2.05, 4.69) is 15.4 Å². The second kappa shape index (κ2) is 13.5. The molecule has 3 heterocycles. The maximum atomic E-state index is 13.4. The van der Waals surface area contributed by atoms with Crippen LogP contribution in [-0.2, 0) is 17.7 Å². The predicted molar refractivity (Wildman–Crippen MR) is 175 cm³/mol. The second-order valence-corrected chi connectivity index (χ2v) is 13.2. The van der Waals surface area contributed by atoms with Crippen molar-refractivity contribution < 1.29 is 27.9 Å². The smallest absolute Gasteiger partial charge is 0.338 e. The third kappa shape index (κ3) is 7.61. The van der Waals surface area contributed by atoms with Gasteiger partial charge in [0.05, 0.1) is 10.4 Å². The molecule has 0 unspecified atom stereocenters. The Morgan fingerprint density at radius 3 is 2.51 bits per heavy atom. The highest BCUT2D eigenvalue weighted by molar-refractivity contribution is 7.13. The van der Waals surface area contributed by atoms with Crippen LogP contribution in [0, 0.1) is 18.6 Å². The number of halogens is 2. The van der Waals surface area contributed by atoms with Crippen LogP contribution < -0.4 is 11.1 Å². The number of carbonyl (C=O) groups is 3. The number of hydrogen-bond acceptors (Lipinski definition) is 8. The summed E-state index contributed by atoms with van der Waals surface area (Å²) >= 11 is 1.49.